The van der Waals surface area contributed by atoms with Crippen LogP contribution in [0.2, 0.25) is 0 Å². The summed E-state index contributed by atoms with van der Waals surface area (Å²) < 4.78 is 5.37. The van der Waals surface area contributed by atoms with Crippen molar-refractivity contribution in [1.82, 2.24) is 10.1 Å². The van der Waals surface area contributed by atoms with Crippen molar-refractivity contribution < 1.29 is 4.52 Å². The third-order valence-electron chi connectivity index (χ3n) is 3.56. The van der Waals surface area contributed by atoms with Gasteiger partial charge in [0.05, 0.1) is 6.54 Å². The molecule has 0 fully saturated rings. The SMILES string of the molecule is c1ccc2c(c1)CCN2Cc1nc(-c2ccsc2)no1. The first-order valence-electron chi connectivity index (χ1n) is 6.58. The molecule has 1 aliphatic heterocycles. The summed E-state index contributed by atoms with van der Waals surface area (Å²) in [5, 5.41) is 8.09. The minimum atomic E-state index is 0.669. The molecule has 0 spiro atoms. The molecule has 3 heterocycles. The summed E-state index contributed by atoms with van der Waals surface area (Å²) in [6, 6.07) is 10.5. The molecule has 0 saturated heterocycles. The van der Waals surface area contributed by atoms with Crippen LogP contribution in [0.1, 0.15) is 11.5 Å². The van der Waals surface area contributed by atoms with Gasteiger partial charge in [0, 0.05) is 23.2 Å². The summed E-state index contributed by atoms with van der Waals surface area (Å²) in [7, 11) is 0. The van der Waals surface area contributed by atoms with Crippen LogP contribution in [0.3, 0.4) is 0 Å². The second kappa shape index (κ2) is 4.76. The summed E-state index contributed by atoms with van der Waals surface area (Å²) in [4.78, 5) is 6.77. The van der Waals surface area contributed by atoms with E-state index in [2.05, 4.69) is 39.3 Å². The van der Waals surface area contributed by atoms with Crippen LogP contribution in [-0.4, -0.2) is 16.7 Å². The molecule has 0 N–H and O–H groups in total. The van der Waals surface area contributed by atoms with E-state index in [0.717, 1.165) is 18.5 Å². The van der Waals surface area contributed by atoms with Gasteiger partial charge in [-0.15, -0.1) is 0 Å². The van der Waals surface area contributed by atoms with Crippen molar-refractivity contribution in [3.63, 3.8) is 0 Å². The summed E-state index contributed by atoms with van der Waals surface area (Å²) in [5.74, 6) is 1.34. The van der Waals surface area contributed by atoms with Gasteiger partial charge in [0.1, 0.15) is 0 Å². The van der Waals surface area contributed by atoms with Crippen molar-refractivity contribution in [2.45, 2.75) is 13.0 Å². The number of hydrogen-bond acceptors (Lipinski definition) is 5. The lowest BCUT2D eigenvalue weighted by Gasteiger charge is -2.16. The van der Waals surface area contributed by atoms with Gasteiger partial charge in [-0.3, -0.25) is 0 Å². The molecule has 0 saturated carbocycles. The Morgan fingerprint density at radius 1 is 1.25 bits per heavy atom. The van der Waals surface area contributed by atoms with Gasteiger partial charge in [0.25, 0.3) is 0 Å². The zero-order valence-corrected chi connectivity index (χ0v) is 11.6. The molecule has 100 valence electrons. The summed E-state index contributed by atoms with van der Waals surface area (Å²) in [6.07, 6.45) is 1.09. The topological polar surface area (TPSA) is 42.2 Å². The van der Waals surface area contributed by atoms with E-state index in [9.17, 15) is 0 Å². The zero-order chi connectivity index (χ0) is 13.4. The van der Waals surface area contributed by atoms with Gasteiger partial charge >= 0.3 is 0 Å². The van der Waals surface area contributed by atoms with Crippen molar-refractivity contribution >= 4 is 17.0 Å². The van der Waals surface area contributed by atoms with Crippen LogP contribution in [0.4, 0.5) is 5.69 Å². The number of fused-ring (bicyclic) bond motifs is 1. The second-order valence-electron chi connectivity index (χ2n) is 4.82. The Labute approximate surface area is 120 Å². The number of aromatic nitrogens is 2. The lowest BCUT2D eigenvalue weighted by atomic mass is 10.2. The fourth-order valence-corrected chi connectivity index (χ4v) is 3.20. The van der Waals surface area contributed by atoms with Crippen LogP contribution in [-0.2, 0) is 13.0 Å². The number of para-hydroxylation sites is 1. The Bertz CT molecular complexity index is 720. The Balaban J connectivity index is 1.56. The zero-order valence-electron chi connectivity index (χ0n) is 10.8. The van der Waals surface area contributed by atoms with Crippen molar-refractivity contribution in [2.75, 3.05) is 11.4 Å². The van der Waals surface area contributed by atoms with Gasteiger partial charge in [-0.1, -0.05) is 23.4 Å². The number of anilines is 1. The highest BCUT2D eigenvalue weighted by Gasteiger charge is 2.20. The minimum Gasteiger partial charge on any atom is -0.362 e. The van der Waals surface area contributed by atoms with Gasteiger partial charge in [-0.2, -0.15) is 16.3 Å². The predicted octanol–water partition coefficient (Wildman–Crippen LogP) is 3.36. The highest BCUT2D eigenvalue weighted by atomic mass is 32.1. The largest absolute Gasteiger partial charge is 0.362 e. The lowest BCUT2D eigenvalue weighted by Crippen LogP contribution is -2.19. The molecule has 0 radical (unpaired) electrons. The third kappa shape index (κ3) is 2.00. The lowest BCUT2D eigenvalue weighted by molar-refractivity contribution is 0.377. The van der Waals surface area contributed by atoms with Crippen LogP contribution < -0.4 is 4.90 Å². The minimum absolute atomic E-state index is 0.669. The molecule has 2 aromatic heterocycles. The number of thiophene rings is 1. The standard InChI is InChI=1S/C15H13N3OS/c1-2-4-13-11(3-1)5-7-18(13)9-14-16-15(17-19-14)12-6-8-20-10-12/h1-4,6,8,10H,5,7,9H2. The molecule has 5 heteroatoms. The Hall–Kier alpha value is -2.14. The van der Waals surface area contributed by atoms with Crippen LogP contribution in [0.25, 0.3) is 11.4 Å². The molecule has 20 heavy (non-hydrogen) atoms. The normalized spacial score (nSPS) is 13.7. The smallest absolute Gasteiger partial charge is 0.246 e. The van der Waals surface area contributed by atoms with Gasteiger partial charge < -0.3 is 9.42 Å². The van der Waals surface area contributed by atoms with E-state index in [4.69, 9.17) is 4.52 Å². The molecular weight excluding hydrogens is 270 g/mol. The van der Waals surface area contributed by atoms with E-state index in [1.54, 1.807) is 11.3 Å². The van der Waals surface area contributed by atoms with Crippen LogP contribution in [0.15, 0.2) is 45.6 Å². The van der Waals surface area contributed by atoms with Crippen LogP contribution in [0, 0.1) is 0 Å². The van der Waals surface area contributed by atoms with E-state index in [1.165, 1.54) is 11.3 Å². The first kappa shape index (κ1) is 11.7. The Morgan fingerprint density at radius 2 is 2.20 bits per heavy atom. The quantitative estimate of drug-likeness (QED) is 0.739. The fraction of sp³-hybridized carbons (Fsp3) is 0.200. The van der Waals surface area contributed by atoms with Gasteiger partial charge in [-0.05, 0) is 29.5 Å². The van der Waals surface area contributed by atoms with E-state index >= 15 is 0 Å². The highest BCUT2D eigenvalue weighted by Crippen LogP contribution is 2.29. The van der Waals surface area contributed by atoms with Gasteiger partial charge in [0.2, 0.25) is 11.7 Å². The Morgan fingerprint density at radius 3 is 3.10 bits per heavy atom. The Kier molecular flexibility index (Phi) is 2.77. The number of rotatable bonds is 3. The average Bonchev–Trinajstić information content (AvgIpc) is 3.19. The molecule has 0 atom stereocenters. The molecule has 4 nitrogen and oxygen atoms in total. The monoisotopic (exact) mass is 283 g/mol. The first-order valence-corrected chi connectivity index (χ1v) is 7.52. The maximum atomic E-state index is 5.37. The van der Waals surface area contributed by atoms with Gasteiger partial charge in [-0.25, -0.2) is 0 Å². The van der Waals surface area contributed by atoms with Crippen LogP contribution >= 0.6 is 11.3 Å². The number of hydrogen-bond donors (Lipinski definition) is 0. The van der Waals surface area contributed by atoms with Crippen LogP contribution in [0.5, 0.6) is 0 Å². The van der Waals surface area contributed by atoms with Gasteiger partial charge in [0.15, 0.2) is 0 Å². The molecule has 0 amide bonds. The highest BCUT2D eigenvalue weighted by molar-refractivity contribution is 7.08. The molecule has 1 aromatic carbocycles. The predicted molar refractivity (Wildman–Crippen MR) is 78.8 cm³/mol. The maximum absolute atomic E-state index is 5.37. The number of nitrogens with zero attached hydrogens (tertiary/aromatic N) is 3. The molecule has 0 aliphatic carbocycles. The molecular formula is C15H13N3OS. The van der Waals surface area contributed by atoms with E-state index < -0.39 is 0 Å². The number of benzene rings is 1. The fourth-order valence-electron chi connectivity index (χ4n) is 2.56. The summed E-state index contributed by atoms with van der Waals surface area (Å²) in [6.45, 7) is 1.68. The molecule has 3 aromatic rings. The third-order valence-corrected chi connectivity index (χ3v) is 4.24. The summed E-state index contributed by atoms with van der Waals surface area (Å²) >= 11 is 1.64. The molecule has 0 bridgehead atoms. The average molecular weight is 283 g/mol. The molecule has 0 unspecified atom stereocenters. The molecule has 4 rings (SSSR count). The van der Waals surface area contributed by atoms with Crippen molar-refractivity contribution in [1.29, 1.82) is 0 Å². The summed E-state index contributed by atoms with van der Waals surface area (Å²) in [5.41, 5.74) is 3.69. The maximum Gasteiger partial charge on any atom is 0.246 e. The molecule has 1 aliphatic rings. The van der Waals surface area contributed by atoms with Crippen molar-refractivity contribution in [2.24, 2.45) is 0 Å². The van der Waals surface area contributed by atoms with Crippen molar-refractivity contribution in [3.8, 4) is 11.4 Å². The second-order valence-corrected chi connectivity index (χ2v) is 5.60. The van der Waals surface area contributed by atoms with E-state index in [-0.39, 0.29) is 0 Å². The van der Waals surface area contributed by atoms with E-state index in [0.29, 0.717) is 18.3 Å². The first-order chi connectivity index (χ1) is 9.90. The van der Waals surface area contributed by atoms with E-state index in [1.807, 2.05) is 16.8 Å². The van der Waals surface area contributed by atoms with Crippen molar-refractivity contribution in [3.05, 3.63) is 52.5 Å².